The minimum Gasteiger partial charge on any atom is -0.388 e. The summed E-state index contributed by atoms with van der Waals surface area (Å²) in [6.45, 7) is 4.34. The van der Waals surface area contributed by atoms with Gasteiger partial charge in [0.1, 0.15) is 54.9 Å². The third-order valence-corrected chi connectivity index (χ3v) is 5.98. The number of aliphatic hydroxyl groups is 8. The molecule has 182 valence electrons. The zero-order valence-corrected chi connectivity index (χ0v) is 17.3. The van der Waals surface area contributed by atoms with Crippen molar-refractivity contribution in [2.24, 2.45) is 0 Å². The summed E-state index contributed by atoms with van der Waals surface area (Å²) in [5.41, 5.74) is 0. The molecule has 0 aromatic rings. The summed E-state index contributed by atoms with van der Waals surface area (Å²) in [6, 6.07) is 0. The Morgan fingerprint density at radius 3 is 1.52 bits per heavy atom. The quantitative estimate of drug-likeness (QED) is 0.201. The molecule has 0 unspecified atom stereocenters. The Kier molecular flexibility index (Phi) is 7.91. The summed E-state index contributed by atoms with van der Waals surface area (Å²) in [7, 11) is 0. The van der Waals surface area contributed by atoms with Crippen LogP contribution < -0.4 is 0 Å². The highest BCUT2D eigenvalue weighted by Crippen LogP contribution is 2.31. The molecule has 3 fully saturated rings. The summed E-state index contributed by atoms with van der Waals surface area (Å²) in [6.07, 6.45) is -21.0. The predicted molar refractivity (Wildman–Crippen MR) is 97.0 cm³/mol. The normalized spacial score (nSPS) is 56.4. The van der Waals surface area contributed by atoms with Crippen LogP contribution >= 0.6 is 0 Å². The van der Waals surface area contributed by atoms with Crippen molar-refractivity contribution in [1.29, 1.82) is 0 Å². The molecule has 0 aromatic carbocycles. The summed E-state index contributed by atoms with van der Waals surface area (Å²) < 4.78 is 26.9. The van der Waals surface area contributed by atoms with Gasteiger partial charge in [-0.15, -0.1) is 0 Å². The molecule has 3 aliphatic heterocycles. The van der Waals surface area contributed by atoms with E-state index >= 15 is 0 Å². The second-order valence-corrected chi connectivity index (χ2v) is 8.29. The van der Waals surface area contributed by atoms with Crippen LogP contribution in [-0.4, -0.2) is 133 Å². The molecule has 13 nitrogen and oxygen atoms in total. The average Bonchev–Trinajstić information content (AvgIpc) is 2.72. The van der Waals surface area contributed by atoms with Gasteiger partial charge in [-0.3, -0.25) is 0 Å². The summed E-state index contributed by atoms with van der Waals surface area (Å²) in [4.78, 5) is 0. The Labute approximate surface area is 178 Å². The Bertz CT molecular complexity index is 595. The second-order valence-electron chi connectivity index (χ2n) is 8.29. The highest BCUT2D eigenvalue weighted by atomic mass is 16.7. The lowest BCUT2D eigenvalue weighted by atomic mass is 9.97. The molecule has 0 aliphatic carbocycles. The van der Waals surface area contributed by atoms with E-state index in [0.29, 0.717) is 0 Å². The third kappa shape index (κ3) is 4.89. The molecular formula is C18H32O13. The lowest BCUT2D eigenvalue weighted by Gasteiger charge is -2.47. The maximum absolute atomic E-state index is 10.7. The monoisotopic (exact) mass is 456 g/mol. The molecule has 13 heteroatoms. The summed E-state index contributed by atoms with van der Waals surface area (Å²) in [5, 5.41) is 81.3. The number of aliphatic hydroxyl groups excluding tert-OH is 8. The van der Waals surface area contributed by atoms with E-state index in [0.717, 1.165) is 0 Å². The molecule has 15 atom stereocenters. The van der Waals surface area contributed by atoms with Crippen LogP contribution in [0.5, 0.6) is 0 Å². The first-order valence-electron chi connectivity index (χ1n) is 10.2. The van der Waals surface area contributed by atoms with E-state index in [1.54, 1.807) is 0 Å². The SMILES string of the molecule is C[C@@H]1O[C@@H](O[C@@H]2[C@@H](O)[C@H](C)O[C@@H](O[C@@H]3[C@H](O)[C@@H](O)[C@H](C)O[C@@H]3O)[C@@H]2O)[C@H](O)[C@H](O)[C@H]1O. The zero-order chi connectivity index (χ0) is 23.2. The first-order valence-corrected chi connectivity index (χ1v) is 10.2. The van der Waals surface area contributed by atoms with Gasteiger partial charge in [-0.1, -0.05) is 0 Å². The number of ether oxygens (including phenoxy) is 5. The maximum Gasteiger partial charge on any atom is 0.187 e. The van der Waals surface area contributed by atoms with Crippen molar-refractivity contribution in [3.05, 3.63) is 0 Å². The van der Waals surface area contributed by atoms with Gasteiger partial charge in [-0.05, 0) is 20.8 Å². The number of rotatable bonds is 4. The topological polar surface area (TPSA) is 208 Å². The van der Waals surface area contributed by atoms with Gasteiger partial charge < -0.3 is 64.5 Å². The van der Waals surface area contributed by atoms with Gasteiger partial charge in [0.15, 0.2) is 18.9 Å². The predicted octanol–water partition coefficient (Wildman–Crippen LogP) is -4.49. The molecule has 31 heavy (non-hydrogen) atoms. The van der Waals surface area contributed by atoms with Crippen LogP contribution in [0.2, 0.25) is 0 Å². The number of hydrogen-bond donors (Lipinski definition) is 8. The van der Waals surface area contributed by atoms with E-state index in [-0.39, 0.29) is 0 Å². The Balaban J connectivity index is 1.72. The first-order chi connectivity index (χ1) is 14.4. The van der Waals surface area contributed by atoms with E-state index in [1.165, 1.54) is 20.8 Å². The van der Waals surface area contributed by atoms with Gasteiger partial charge in [-0.25, -0.2) is 0 Å². The van der Waals surface area contributed by atoms with Crippen molar-refractivity contribution >= 4 is 0 Å². The Morgan fingerprint density at radius 2 is 0.903 bits per heavy atom. The van der Waals surface area contributed by atoms with Crippen molar-refractivity contribution in [1.82, 2.24) is 0 Å². The first kappa shape index (κ1) is 25.1. The molecule has 8 N–H and O–H groups in total. The average molecular weight is 456 g/mol. The molecule has 3 heterocycles. The van der Waals surface area contributed by atoms with Crippen molar-refractivity contribution in [2.45, 2.75) is 113 Å². The lowest BCUT2D eigenvalue weighted by molar-refractivity contribution is -0.377. The highest BCUT2D eigenvalue weighted by molar-refractivity contribution is 4.94. The second kappa shape index (κ2) is 9.77. The molecule has 3 rings (SSSR count). The van der Waals surface area contributed by atoms with Crippen LogP contribution in [-0.2, 0) is 23.7 Å². The van der Waals surface area contributed by atoms with Gasteiger partial charge in [0, 0.05) is 0 Å². The van der Waals surface area contributed by atoms with Crippen molar-refractivity contribution in [3.63, 3.8) is 0 Å². The van der Waals surface area contributed by atoms with Gasteiger partial charge in [0.25, 0.3) is 0 Å². The van der Waals surface area contributed by atoms with Crippen molar-refractivity contribution in [3.8, 4) is 0 Å². The smallest absolute Gasteiger partial charge is 0.187 e. The molecule has 0 aromatic heterocycles. The molecule has 0 spiro atoms. The van der Waals surface area contributed by atoms with Gasteiger partial charge in [-0.2, -0.15) is 0 Å². The van der Waals surface area contributed by atoms with E-state index in [1.807, 2.05) is 0 Å². The van der Waals surface area contributed by atoms with Crippen LogP contribution in [0.1, 0.15) is 20.8 Å². The van der Waals surface area contributed by atoms with Crippen LogP contribution in [0.25, 0.3) is 0 Å². The van der Waals surface area contributed by atoms with Crippen molar-refractivity contribution < 1.29 is 64.5 Å². The van der Waals surface area contributed by atoms with Gasteiger partial charge in [0.2, 0.25) is 0 Å². The van der Waals surface area contributed by atoms with Gasteiger partial charge in [0.05, 0.1) is 18.3 Å². The molecular weight excluding hydrogens is 424 g/mol. The minimum atomic E-state index is -1.70. The molecule has 0 radical (unpaired) electrons. The minimum absolute atomic E-state index is 0.868. The molecule has 3 aliphatic rings. The lowest BCUT2D eigenvalue weighted by Crippen LogP contribution is -2.65. The van der Waals surface area contributed by atoms with E-state index < -0.39 is 92.1 Å². The standard InChI is InChI=1S/C18H32O13/c1-4-8(20)11(23)15(16(26)27-4)31-18-13(25)14(9(21)6(3)29-18)30-17-12(24)10(22)7(19)5(2)28-17/h4-26H,1-3H3/t4-,5-,6-,7-,8-,9-,10+,11+,12+,13+,14+,15+,16-,17-,18-/m0/s1. The third-order valence-electron chi connectivity index (χ3n) is 5.98. The van der Waals surface area contributed by atoms with Crippen LogP contribution in [0.4, 0.5) is 0 Å². The highest BCUT2D eigenvalue weighted by Gasteiger charge is 2.52. The van der Waals surface area contributed by atoms with Crippen molar-refractivity contribution in [2.75, 3.05) is 0 Å². The zero-order valence-electron chi connectivity index (χ0n) is 17.3. The fraction of sp³-hybridized carbons (Fsp3) is 1.00. The molecule has 0 saturated carbocycles. The fourth-order valence-corrected chi connectivity index (χ4v) is 3.87. The largest absolute Gasteiger partial charge is 0.388 e. The van der Waals surface area contributed by atoms with Crippen LogP contribution in [0.15, 0.2) is 0 Å². The summed E-state index contributed by atoms with van der Waals surface area (Å²) in [5.74, 6) is 0. The van der Waals surface area contributed by atoms with Crippen LogP contribution in [0.3, 0.4) is 0 Å². The Hall–Kier alpha value is -0.520. The van der Waals surface area contributed by atoms with Crippen LogP contribution in [0, 0.1) is 0 Å². The fourth-order valence-electron chi connectivity index (χ4n) is 3.87. The summed E-state index contributed by atoms with van der Waals surface area (Å²) >= 11 is 0. The molecule has 0 bridgehead atoms. The maximum atomic E-state index is 10.7. The molecule has 3 saturated heterocycles. The number of hydrogen-bond acceptors (Lipinski definition) is 13. The van der Waals surface area contributed by atoms with E-state index in [2.05, 4.69) is 0 Å². The van der Waals surface area contributed by atoms with E-state index in [9.17, 15) is 40.9 Å². The molecule has 0 amide bonds. The van der Waals surface area contributed by atoms with E-state index in [4.69, 9.17) is 23.7 Å². The van der Waals surface area contributed by atoms with Gasteiger partial charge >= 0.3 is 0 Å². The Morgan fingerprint density at radius 1 is 0.452 bits per heavy atom.